The number of fused-ring (bicyclic) bond motifs is 2. The molecule has 0 aliphatic heterocycles. The second kappa shape index (κ2) is 7.68. The molecule has 5 aromatic carbocycles. The van der Waals surface area contributed by atoms with Crippen LogP contribution in [0.1, 0.15) is 0 Å². The summed E-state index contributed by atoms with van der Waals surface area (Å²) in [5.41, 5.74) is 1.05. The third-order valence-corrected chi connectivity index (χ3v) is 4.96. The van der Waals surface area contributed by atoms with Gasteiger partial charge in [0, 0.05) is 10.8 Å². The molecule has 0 heterocycles. The van der Waals surface area contributed by atoms with Crippen molar-refractivity contribution in [2.45, 2.75) is 0 Å². The highest BCUT2D eigenvalue weighted by Gasteiger charge is 2.11. The van der Waals surface area contributed by atoms with E-state index in [2.05, 4.69) is 10.2 Å². The predicted octanol–water partition coefficient (Wildman–Crippen LogP) is 7.91. The molecule has 0 saturated heterocycles. The van der Waals surface area contributed by atoms with E-state index in [1.807, 2.05) is 97.1 Å². The van der Waals surface area contributed by atoms with Gasteiger partial charge < -0.3 is 9.84 Å². The Morgan fingerprint density at radius 1 is 0.533 bits per heavy atom. The van der Waals surface area contributed by atoms with Gasteiger partial charge >= 0.3 is 0 Å². The second-order valence-corrected chi connectivity index (χ2v) is 6.90. The van der Waals surface area contributed by atoms with Crippen molar-refractivity contribution in [2.75, 3.05) is 0 Å². The first kappa shape index (κ1) is 17.9. The summed E-state index contributed by atoms with van der Waals surface area (Å²) in [6, 6.07) is 32.7. The standard InChI is InChI=1S/C26H18N2O2/c29-23-16-14-18-8-4-6-12-21(18)25(23)27-28-26-22-13-7-5-9-19(22)15-17-24(26)30-20-10-2-1-3-11-20/h1-17,29H. The Morgan fingerprint density at radius 2 is 1.10 bits per heavy atom. The number of azo groups is 1. The minimum absolute atomic E-state index is 0.0863. The van der Waals surface area contributed by atoms with Gasteiger partial charge in [-0.05, 0) is 35.0 Å². The van der Waals surface area contributed by atoms with Crippen LogP contribution in [0.3, 0.4) is 0 Å². The van der Waals surface area contributed by atoms with Gasteiger partial charge in [0.15, 0.2) is 5.75 Å². The maximum Gasteiger partial charge on any atom is 0.155 e. The number of ether oxygens (including phenoxy) is 1. The average Bonchev–Trinajstić information content (AvgIpc) is 2.80. The van der Waals surface area contributed by atoms with Gasteiger partial charge in [-0.15, -0.1) is 10.2 Å². The molecule has 0 spiro atoms. The summed E-state index contributed by atoms with van der Waals surface area (Å²) >= 11 is 0. The molecular formula is C26H18N2O2. The highest BCUT2D eigenvalue weighted by molar-refractivity contribution is 5.97. The predicted molar refractivity (Wildman–Crippen MR) is 120 cm³/mol. The number of para-hydroxylation sites is 1. The second-order valence-electron chi connectivity index (χ2n) is 6.90. The first-order chi connectivity index (χ1) is 14.8. The summed E-state index contributed by atoms with van der Waals surface area (Å²) in [4.78, 5) is 0. The number of hydrogen-bond donors (Lipinski definition) is 1. The lowest BCUT2D eigenvalue weighted by Gasteiger charge is -2.11. The van der Waals surface area contributed by atoms with Gasteiger partial charge in [-0.1, -0.05) is 78.9 Å². The summed E-state index contributed by atoms with van der Waals surface area (Å²) in [5, 5.41) is 23.2. The van der Waals surface area contributed by atoms with Gasteiger partial charge in [-0.3, -0.25) is 0 Å². The molecule has 0 aromatic heterocycles. The Bertz CT molecular complexity index is 1380. The molecule has 0 aliphatic rings. The molecule has 144 valence electrons. The zero-order valence-corrected chi connectivity index (χ0v) is 16.1. The van der Waals surface area contributed by atoms with E-state index in [0.29, 0.717) is 17.1 Å². The summed E-state index contributed by atoms with van der Waals surface area (Å²) in [5.74, 6) is 1.41. The van der Waals surface area contributed by atoms with Crippen LogP contribution in [0, 0.1) is 0 Å². The summed E-state index contributed by atoms with van der Waals surface area (Å²) in [7, 11) is 0. The number of rotatable bonds is 4. The van der Waals surface area contributed by atoms with Gasteiger partial charge in [0.1, 0.15) is 22.9 Å². The van der Waals surface area contributed by atoms with E-state index in [1.54, 1.807) is 6.07 Å². The Hall–Kier alpha value is -4.18. The third-order valence-electron chi connectivity index (χ3n) is 4.96. The number of phenols is 1. The van der Waals surface area contributed by atoms with E-state index in [1.165, 1.54) is 0 Å². The molecule has 0 aliphatic carbocycles. The molecular weight excluding hydrogens is 372 g/mol. The Labute approximate surface area is 173 Å². The smallest absolute Gasteiger partial charge is 0.155 e. The first-order valence-electron chi connectivity index (χ1n) is 9.67. The molecule has 1 N–H and O–H groups in total. The molecule has 4 heteroatoms. The molecule has 5 aromatic rings. The summed E-state index contributed by atoms with van der Waals surface area (Å²) < 4.78 is 6.11. The van der Waals surface area contributed by atoms with Crippen molar-refractivity contribution in [1.29, 1.82) is 0 Å². The van der Waals surface area contributed by atoms with E-state index in [-0.39, 0.29) is 5.75 Å². The minimum Gasteiger partial charge on any atom is -0.506 e. The van der Waals surface area contributed by atoms with Crippen LogP contribution in [-0.4, -0.2) is 5.11 Å². The van der Waals surface area contributed by atoms with Crippen molar-refractivity contribution in [3.63, 3.8) is 0 Å². The number of aromatic hydroxyl groups is 1. The van der Waals surface area contributed by atoms with Crippen LogP contribution in [0.4, 0.5) is 11.4 Å². The maximum atomic E-state index is 10.4. The zero-order chi connectivity index (χ0) is 20.3. The number of phenolic OH excluding ortho intramolecular Hbond substituents is 1. The number of hydrogen-bond acceptors (Lipinski definition) is 4. The minimum atomic E-state index is 0.0863. The quantitative estimate of drug-likeness (QED) is 0.317. The molecule has 5 rings (SSSR count). The molecule has 30 heavy (non-hydrogen) atoms. The van der Waals surface area contributed by atoms with Crippen LogP contribution >= 0.6 is 0 Å². The normalized spacial score (nSPS) is 11.3. The van der Waals surface area contributed by atoms with Crippen LogP contribution in [0.15, 0.2) is 113 Å². The summed E-state index contributed by atoms with van der Waals surface area (Å²) in [6.45, 7) is 0. The Morgan fingerprint density at radius 3 is 1.83 bits per heavy atom. The van der Waals surface area contributed by atoms with Gasteiger partial charge in [-0.2, -0.15) is 0 Å². The van der Waals surface area contributed by atoms with Crippen molar-refractivity contribution in [2.24, 2.45) is 10.2 Å². The topological polar surface area (TPSA) is 54.2 Å². The highest BCUT2D eigenvalue weighted by Crippen LogP contribution is 2.41. The van der Waals surface area contributed by atoms with Gasteiger partial charge in [0.2, 0.25) is 0 Å². The van der Waals surface area contributed by atoms with Crippen LogP contribution in [0.5, 0.6) is 17.2 Å². The van der Waals surface area contributed by atoms with E-state index in [4.69, 9.17) is 4.74 Å². The fourth-order valence-corrected chi connectivity index (χ4v) is 3.48. The Balaban J connectivity index is 1.67. The maximum absolute atomic E-state index is 10.4. The van der Waals surface area contributed by atoms with E-state index in [9.17, 15) is 5.11 Å². The Kier molecular flexibility index (Phi) is 4.58. The molecule has 0 unspecified atom stereocenters. The summed E-state index contributed by atoms with van der Waals surface area (Å²) in [6.07, 6.45) is 0. The van der Waals surface area contributed by atoms with E-state index >= 15 is 0 Å². The zero-order valence-electron chi connectivity index (χ0n) is 16.1. The van der Waals surface area contributed by atoms with Crippen molar-refractivity contribution < 1.29 is 9.84 Å². The molecule has 0 bridgehead atoms. The highest BCUT2D eigenvalue weighted by atomic mass is 16.5. The fraction of sp³-hybridized carbons (Fsp3) is 0. The lowest BCUT2D eigenvalue weighted by Crippen LogP contribution is -1.85. The molecule has 0 amide bonds. The monoisotopic (exact) mass is 390 g/mol. The van der Waals surface area contributed by atoms with Gasteiger partial charge in [-0.25, -0.2) is 0 Å². The van der Waals surface area contributed by atoms with Crippen LogP contribution < -0.4 is 4.74 Å². The molecule has 0 fully saturated rings. The van der Waals surface area contributed by atoms with E-state index in [0.717, 1.165) is 27.3 Å². The first-order valence-corrected chi connectivity index (χ1v) is 9.67. The molecule has 0 atom stereocenters. The van der Waals surface area contributed by atoms with Crippen molar-refractivity contribution in [3.05, 3.63) is 103 Å². The average molecular weight is 390 g/mol. The third kappa shape index (κ3) is 3.35. The fourth-order valence-electron chi connectivity index (χ4n) is 3.48. The lowest BCUT2D eigenvalue weighted by molar-refractivity contribution is 0.476. The van der Waals surface area contributed by atoms with Gasteiger partial charge in [0.05, 0.1) is 0 Å². The lowest BCUT2D eigenvalue weighted by atomic mass is 10.1. The molecule has 0 saturated carbocycles. The van der Waals surface area contributed by atoms with Crippen molar-refractivity contribution >= 4 is 32.9 Å². The SMILES string of the molecule is Oc1ccc2ccccc2c1N=Nc1c(Oc2ccccc2)ccc2ccccc12. The van der Waals surface area contributed by atoms with Crippen molar-refractivity contribution in [3.8, 4) is 17.2 Å². The van der Waals surface area contributed by atoms with Crippen molar-refractivity contribution in [1.82, 2.24) is 0 Å². The molecule has 4 nitrogen and oxygen atoms in total. The van der Waals surface area contributed by atoms with Crippen LogP contribution in [-0.2, 0) is 0 Å². The van der Waals surface area contributed by atoms with Crippen LogP contribution in [0.2, 0.25) is 0 Å². The molecule has 0 radical (unpaired) electrons. The number of benzene rings is 5. The largest absolute Gasteiger partial charge is 0.506 e. The van der Waals surface area contributed by atoms with Crippen LogP contribution in [0.25, 0.3) is 21.5 Å². The van der Waals surface area contributed by atoms with E-state index < -0.39 is 0 Å². The number of nitrogens with zero attached hydrogens (tertiary/aromatic N) is 2. The van der Waals surface area contributed by atoms with Gasteiger partial charge in [0.25, 0.3) is 0 Å².